The SMILES string of the molecule is CCOC(=O)CCc1ccc(Oc2c(-c3ccc(O)cc3)ccc3cc(O)ccc23)cc1. The summed E-state index contributed by atoms with van der Waals surface area (Å²) in [6, 6.07) is 23.6. The van der Waals surface area contributed by atoms with Crippen LogP contribution in [0.2, 0.25) is 0 Å². The van der Waals surface area contributed by atoms with Crippen LogP contribution < -0.4 is 4.74 Å². The molecule has 0 amide bonds. The molecule has 0 saturated heterocycles. The first-order chi connectivity index (χ1) is 15.5. The quantitative estimate of drug-likeness (QED) is 0.343. The van der Waals surface area contributed by atoms with Gasteiger partial charge in [-0.1, -0.05) is 30.3 Å². The zero-order valence-corrected chi connectivity index (χ0v) is 17.7. The van der Waals surface area contributed by atoms with Crippen molar-refractivity contribution in [3.05, 3.63) is 84.4 Å². The molecule has 32 heavy (non-hydrogen) atoms. The lowest BCUT2D eigenvalue weighted by molar-refractivity contribution is -0.143. The summed E-state index contributed by atoms with van der Waals surface area (Å²) < 4.78 is 11.3. The fourth-order valence-corrected chi connectivity index (χ4v) is 3.59. The summed E-state index contributed by atoms with van der Waals surface area (Å²) in [5, 5.41) is 21.3. The number of esters is 1. The van der Waals surface area contributed by atoms with E-state index in [1.54, 1.807) is 31.2 Å². The number of aromatic hydroxyl groups is 2. The Balaban J connectivity index is 1.66. The predicted octanol–water partition coefficient (Wildman–Crippen LogP) is 6.21. The third-order valence-electron chi connectivity index (χ3n) is 5.20. The number of ether oxygens (including phenoxy) is 2. The van der Waals surface area contributed by atoms with E-state index in [2.05, 4.69) is 0 Å². The molecule has 0 aliphatic rings. The molecule has 4 aromatic carbocycles. The second-order valence-electron chi connectivity index (χ2n) is 7.45. The summed E-state index contributed by atoms with van der Waals surface area (Å²) in [5.74, 6) is 1.50. The lowest BCUT2D eigenvalue weighted by Crippen LogP contribution is -2.05. The predicted molar refractivity (Wildman–Crippen MR) is 124 cm³/mol. The Morgan fingerprint density at radius 2 is 1.56 bits per heavy atom. The van der Waals surface area contributed by atoms with Crippen LogP contribution in [0.1, 0.15) is 18.9 Å². The fraction of sp³-hybridized carbons (Fsp3) is 0.148. The monoisotopic (exact) mass is 428 g/mol. The van der Waals surface area contributed by atoms with E-state index in [9.17, 15) is 15.0 Å². The van der Waals surface area contributed by atoms with Crippen molar-refractivity contribution in [2.45, 2.75) is 19.8 Å². The first-order valence-corrected chi connectivity index (χ1v) is 10.5. The van der Waals surface area contributed by atoms with Gasteiger partial charge in [0.25, 0.3) is 0 Å². The van der Waals surface area contributed by atoms with Gasteiger partial charge < -0.3 is 19.7 Å². The third-order valence-corrected chi connectivity index (χ3v) is 5.20. The summed E-state index contributed by atoms with van der Waals surface area (Å²) >= 11 is 0. The molecule has 5 heteroatoms. The molecule has 0 unspecified atom stereocenters. The van der Waals surface area contributed by atoms with Crippen LogP contribution in [0.5, 0.6) is 23.0 Å². The Kier molecular flexibility index (Phi) is 6.26. The van der Waals surface area contributed by atoms with Crippen LogP contribution in [-0.2, 0) is 16.0 Å². The Labute approximate surface area is 186 Å². The van der Waals surface area contributed by atoms with E-state index in [0.29, 0.717) is 30.9 Å². The van der Waals surface area contributed by atoms with Gasteiger partial charge >= 0.3 is 5.97 Å². The highest BCUT2D eigenvalue weighted by Crippen LogP contribution is 2.40. The van der Waals surface area contributed by atoms with E-state index >= 15 is 0 Å². The van der Waals surface area contributed by atoms with Crippen molar-refractivity contribution in [3.8, 4) is 34.1 Å². The maximum Gasteiger partial charge on any atom is 0.306 e. The van der Waals surface area contributed by atoms with Gasteiger partial charge in [-0.25, -0.2) is 0 Å². The molecule has 0 fully saturated rings. The van der Waals surface area contributed by atoms with E-state index in [1.165, 1.54) is 0 Å². The van der Waals surface area contributed by atoms with Crippen molar-refractivity contribution in [2.24, 2.45) is 0 Å². The smallest absolute Gasteiger partial charge is 0.306 e. The van der Waals surface area contributed by atoms with Crippen LogP contribution in [0.3, 0.4) is 0 Å². The van der Waals surface area contributed by atoms with Crippen molar-refractivity contribution in [1.29, 1.82) is 0 Å². The highest BCUT2D eigenvalue weighted by atomic mass is 16.5. The van der Waals surface area contributed by atoms with Gasteiger partial charge in [0, 0.05) is 17.4 Å². The zero-order chi connectivity index (χ0) is 22.5. The number of hydrogen-bond donors (Lipinski definition) is 2. The van der Waals surface area contributed by atoms with Crippen molar-refractivity contribution >= 4 is 16.7 Å². The minimum absolute atomic E-state index is 0.187. The average Bonchev–Trinajstić information content (AvgIpc) is 2.79. The number of aryl methyl sites for hydroxylation is 1. The standard InChI is InChI=1S/C27H24O5/c1-2-31-26(30)16-5-18-3-12-23(13-4-18)32-27-24(19-6-9-21(28)10-7-19)14-8-20-17-22(29)11-15-25(20)27/h3-4,6-15,17,28-29H,2,5,16H2,1H3. The topological polar surface area (TPSA) is 76.0 Å². The molecule has 4 aromatic rings. The summed E-state index contributed by atoms with van der Waals surface area (Å²) in [4.78, 5) is 11.6. The number of rotatable bonds is 7. The highest BCUT2D eigenvalue weighted by molar-refractivity contribution is 5.96. The fourth-order valence-electron chi connectivity index (χ4n) is 3.59. The Morgan fingerprint density at radius 1 is 0.844 bits per heavy atom. The summed E-state index contributed by atoms with van der Waals surface area (Å²) in [5.41, 5.74) is 2.79. The maximum absolute atomic E-state index is 11.6. The van der Waals surface area contributed by atoms with Gasteiger partial charge in [0.05, 0.1) is 6.61 Å². The van der Waals surface area contributed by atoms with Crippen molar-refractivity contribution in [2.75, 3.05) is 6.61 Å². The van der Waals surface area contributed by atoms with Crippen molar-refractivity contribution in [3.63, 3.8) is 0 Å². The molecule has 0 saturated carbocycles. The molecule has 0 aromatic heterocycles. The Bertz CT molecular complexity index is 1230. The molecule has 0 heterocycles. The Hall–Kier alpha value is -3.99. The number of fused-ring (bicyclic) bond motifs is 1. The summed E-state index contributed by atoms with van der Waals surface area (Å²) in [6.07, 6.45) is 0.942. The van der Waals surface area contributed by atoms with E-state index in [-0.39, 0.29) is 17.5 Å². The molecule has 5 nitrogen and oxygen atoms in total. The number of hydrogen-bond acceptors (Lipinski definition) is 5. The lowest BCUT2D eigenvalue weighted by atomic mass is 9.99. The second-order valence-corrected chi connectivity index (χ2v) is 7.45. The van der Waals surface area contributed by atoms with Gasteiger partial charge in [0.2, 0.25) is 0 Å². The molecule has 0 bridgehead atoms. The second kappa shape index (κ2) is 9.43. The number of carbonyl (C=O) groups excluding carboxylic acids is 1. The van der Waals surface area contributed by atoms with E-state index in [0.717, 1.165) is 27.5 Å². The van der Waals surface area contributed by atoms with Gasteiger partial charge in [-0.05, 0) is 78.4 Å². The first-order valence-electron chi connectivity index (χ1n) is 10.5. The van der Waals surface area contributed by atoms with Gasteiger partial charge in [-0.15, -0.1) is 0 Å². The van der Waals surface area contributed by atoms with Crippen LogP contribution in [0, 0.1) is 0 Å². The first kappa shape index (κ1) is 21.2. The highest BCUT2D eigenvalue weighted by Gasteiger charge is 2.13. The number of benzene rings is 4. The van der Waals surface area contributed by atoms with Crippen molar-refractivity contribution in [1.82, 2.24) is 0 Å². The average molecular weight is 428 g/mol. The molecule has 0 aliphatic carbocycles. The van der Waals surface area contributed by atoms with Crippen LogP contribution in [0.15, 0.2) is 78.9 Å². The lowest BCUT2D eigenvalue weighted by Gasteiger charge is -2.15. The normalized spacial score (nSPS) is 10.8. The van der Waals surface area contributed by atoms with Crippen LogP contribution in [-0.4, -0.2) is 22.8 Å². The minimum Gasteiger partial charge on any atom is -0.508 e. The van der Waals surface area contributed by atoms with Gasteiger partial charge in [-0.2, -0.15) is 0 Å². The van der Waals surface area contributed by atoms with Crippen LogP contribution in [0.4, 0.5) is 0 Å². The molecule has 4 rings (SSSR count). The molecule has 162 valence electrons. The molecule has 2 N–H and O–H groups in total. The molecule has 0 aliphatic heterocycles. The van der Waals surface area contributed by atoms with E-state index in [4.69, 9.17) is 9.47 Å². The van der Waals surface area contributed by atoms with E-state index in [1.807, 2.05) is 54.6 Å². The zero-order valence-electron chi connectivity index (χ0n) is 17.7. The minimum atomic E-state index is -0.203. The van der Waals surface area contributed by atoms with Crippen molar-refractivity contribution < 1.29 is 24.5 Å². The molecule has 0 spiro atoms. The maximum atomic E-state index is 11.6. The van der Waals surface area contributed by atoms with Crippen LogP contribution in [0.25, 0.3) is 21.9 Å². The number of phenols is 2. The summed E-state index contributed by atoms with van der Waals surface area (Å²) in [7, 11) is 0. The van der Waals surface area contributed by atoms with Crippen LogP contribution >= 0.6 is 0 Å². The molecule has 0 atom stereocenters. The molecular formula is C27H24O5. The number of carbonyl (C=O) groups is 1. The van der Waals surface area contributed by atoms with Gasteiger partial charge in [-0.3, -0.25) is 4.79 Å². The van der Waals surface area contributed by atoms with Gasteiger partial charge in [0.1, 0.15) is 23.0 Å². The van der Waals surface area contributed by atoms with E-state index < -0.39 is 0 Å². The van der Waals surface area contributed by atoms with Gasteiger partial charge in [0.15, 0.2) is 0 Å². The Morgan fingerprint density at radius 3 is 2.28 bits per heavy atom. The summed E-state index contributed by atoms with van der Waals surface area (Å²) in [6.45, 7) is 2.18. The largest absolute Gasteiger partial charge is 0.508 e. The number of phenolic OH excluding ortho intramolecular Hbond substituents is 2. The molecule has 0 radical (unpaired) electrons. The third kappa shape index (κ3) is 4.83. The molecular weight excluding hydrogens is 404 g/mol.